The van der Waals surface area contributed by atoms with Gasteiger partial charge >= 0.3 is 5.97 Å². The molecule has 0 fully saturated rings. The van der Waals surface area contributed by atoms with E-state index in [-0.39, 0.29) is 23.1 Å². The Morgan fingerprint density at radius 3 is 2.11 bits per heavy atom. The quantitative estimate of drug-likeness (QED) is 0.239. The number of carbonyl (C=O) groups is 1. The average molecular weight is 513 g/mol. The van der Waals surface area contributed by atoms with Crippen molar-refractivity contribution in [2.45, 2.75) is 38.3 Å². The molecule has 0 aliphatic rings. The molecule has 9 nitrogen and oxygen atoms in total. The summed E-state index contributed by atoms with van der Waals surface area (Å²) in [6, 6.07) is 17.4. The Morgan fingerprint density at radius 1 is 1.00 bits per heavy atom. The first-order valence-electron chi connectivity index (χ1n) is 11.2. The average Bonchev–Trinajstić information content (AvgIpc) is 2.86. The first kappa shape index (κ1) is 26.8. The van der Waals surface area contributed by atoms with Crippen LogP contribution in [0.15, 0.2) is 71.6 Å². The Kier molecular flexibility index (Phi) is 8.44. The van der Waals surface area contributed by atoms with Crippen molar-refractivity contribution >= 4 is 21.7 Å². The predicted octanol–water partition coefficient (Wildman–Crippen LogP) is 4.63. The summed E-state index contributed by atoms with van der Waals surface area (Å²) in [5.41, 5.74) is 2.99. The normalized spacial score (nSPS) is 12.2. The molecule has 0 saturated heterocycles. The van der Waals surface area contributed by atoms with E-state index in [1.54, 1.807) is 57.2 Å². The Labute approximate surface area is 210 Å². The topological polar surface area (TPSA) is 125 Å². The molecular formula is C26H28N2O7S. The molecule has 0 unspecified atom stereocenters. The summed E-state index contributed by atoms with van der Waals surface area (Å²) in [7, 11) is -2.71. The zero-order valence-corrected chi connectivity index (χ0v) is 21.2. The van der Waals surface area contributed by atoms with Gasteiger partial charge in [-0.05, 0) is 53.8 Å². The summed E-state index contributed by atoms with van der Waals surface area (Å²) >= 11 is 0. The number of benzene rings is 3. The molecule has 0 heterocycles. The molecule has 0 aliphatic carbocycles. The standard InChI is InChI=1S/C26H28N2O7S/c1-17(2)25(26(29)34-4)27-36(32,33)23-14-10-20(11-15-23)19-8-12-22(13-9-19)35-16-21-6-5-7-24(18(21)3)28(30)31/h5-15,17,25,27H,16H2,1-4H3/t25-/m1/s1. The molecule has 0 bridgehead atoms. The highest BCUT2D eigenvalue weighted by atomic mass is 32.2. The summed E-state index contributed by atoms with van der Waals surface area (Å²) in [6.45, 7) is 5.34. The largest absolute Gasteiger partial charge is 0.489 e. The molecule has 3 aromatic carbocycles. The van der Waals surface area contributed by atoms with Crippen molar-refractivity contribution in [2.75, 3.05) is 7.11 Å². The van der Waals surface area contributed by atoms with Crippen LogP contribution < -0.4 is 9.46 Å². The van der Waals surface area contributed by atoms with E-state index >= 15 is 0 Å². The monoisotopic (exact) mass is 512 g/mol. The first-order chi connectivity index (χ1) is 17.0. The summed E-state index contributed by atoms with van der Waals surface area (Å²) < 4.78 is 38.4. The van der Waals surface area contributed by atoms with E-state index in [1.165, 1.54) is 25.3 Å². The lowest BCUT2D eigenvalue weighted by Gasteiger charge is -2.19. The minimum absolute atomic E-state index is 0.0353. The number of esters is 1. The third kappa shape index (κ3) is 6.27. The van der Waals surface area contributed by atoms with Crippen molar-refractivity contribution in [3.8, 4) is 16.9 Å². The van der Waals surface area contributed by atoms with Crippen LogP contribution in [0.4, 0.5) is 5.69 Å². The molecule has 1 N–H and O–H groups in total. The van der Waals surface area contributed by atoms with E-state index in [4.69, 9.17) is 9.47 Å². The van der Waals surface area contributed by atoms with Crippen LogP contribution in [-0.4, -0.2) is 32.5 Å². The Hall–Kier alpha value is -3.76. The van der Waals surface area contributed by atoms with Gasteiger partial charge in [-0.3, -0.25) is 14.9 Å². The van der Waals surface area contributed by atoms with Gasteiger partial charge in [-0.1, -0.05) is 50.2 Å². The Balaban J connectivity index is 1.69. The van der Waals surface area contributed by atoms with Gasteiger partial charge in [0.15, 0.2) is 0 Å². The van der Waals surface area contributed by atoms with Gasteiger partial charge in [0, 0.05) is 11.6 Å². The highest BCUT2D eigenvalue weighted by Crippen LogP contribution is 2.26. The number of hydrogen-bond donors (Lipinski definition) is 1. The zero-order chi connectivity index (χ0) is 26.5. The van der Waals surface area contributed by atoms with E-state index in [0.29, 0.717) is 11.3 Å². The fourth-order valence-electron chi connectivity index (χ4n) is 3.57. The minimum Gasteiger partial charge on any atom is -0.489 e. The molecule has 3 rings (SSSR count). The van der Waals surface area contributed by atoms with E-state index in [2.05, 4.69) is 4.72 Å². The van der Waals surface area contributed by atoms with Crippen LogP contribution in [0.3, 0.4) is 0 Å². The van der Waals surface area contributed by atoms with Crippen molar-refractivity contribution in [3.63, 3.8) is 0 Å². The van der Waals surface area contributed by atoms with E-state index in [9.17, 15) is 23.3 Å². The number of ether oxygens (including phenoxy) is 2. The molecule has 0 aliphatic heterocycles. The van der Waals surface area contributed by atoms with Gasteiger partial charge in [0.2, 0.25) is 10.0 Å². The molecule has 0 radical (unpaired) electrons. The van der Waals surface area contributed by atoms with Crippen LogP contribution in [0, 0.1) is 23.0 Å². The highest BCUT2D eigenvalue weighted by Gasteiger charge is 2.29. The smallest absolute Gasteiger partial charge is 0.324 e. The van der Waals surface area contributed by atoms with E-state index < -0.39 is 27.0 Å². The van der Waals surface area contributed by atoms with Crippen molar-refractivity contribution < 1.29 is 27.6 Å². The number of rotatable bonds is 10. The van der Waals surface area contributed by atoms with Crippen LogP contribution in [0.2, 0.25) is 0 Å². The van der Waals surface area contributed by atoms with Gasteiger partial charge in [-0.15, -0.1) is 0 Å². The summed E-state index contributed by atoms with van der Waals surface area (Å²) in [4.78, 5) is 22.7. The van der Waals surface area contributed by atoms with Crippen molar-refractivity contribution in [1.29, 1.82) is 0 Å². The van der Waals surface area contributed by atoms with E-state index in [1.807, 2.05) is 12.1 Å². The Bertz CT molecular complexity index is 1340. The maximum atomic E-state index is 12.8. The van der Waals surface area contributed by atoms with Crippen LogP contribution in [0.1, 0.15) is 25.0 Å². The number of sulfonamides is 1. The SMILES string of the molecule is COC(=O)[C@H](NS(=O)(=O)c1ccc(-c2ccc(OCc3cccc([N+](=O)[O-])c3C)cc2)cc1)C(C)C. The van der Waals surface area contributed by atoms with Gasteiger partial charge in [-0.25, -0.2) is 8.42 Å². The number of carbonyl (C=O) groups excluding carboxylic acids is 1. The molecule has 190 valence electrons. The molecule has 3 aromatic rings. The zero-order valence-electron chi connectivity index (χ0n) is 20.4. The third-order valence-electron chi connectivity index (χ3n) is 5.76. The summed E-state index contributed by atoms with van der Waals surface area (Å²) in [5, 5.41) is 11.1. The maximum absolute atomic E-state index is 12.8. The molecular weight excluding hydrogens is 484 g/mol. The van der Waals surface area contributed by atoms with Gasteiger partial charge in [0.1, 0.15) is 18.4 Å². The van der Waals surface area contributed by atoms with Crippen molar-refractivity contribution in [2.24, 2.45) is 5.92 Å². The number of nitrogens with one attached hydrogen (secondary N) is 1. The number of nitrogens with zero attached hydrogens (tertiary/aromatic N) is 1. The predicted molar refractivity (Wildman–Crippen MR) is 135 cm³/mol. The van der Waals surface area contributed by atoms with Crippen molar-refractivity contribution in [1.82, 2.24) is 4.72 Å². The van der Waals surface area contributed by atoms with Crippen LogP contribution in [0.5, 0.6) is 5.75 Å². The number of hydrogen-bond acceptors (Lipinski definition) is 7. The number of methoxy groups -OCH3 is 1. The van der Waals surface area contributed by atoms with Crippen LogP contribution in [-0.2, 0) is 26.2 Å². The van der Waals surface area contributed by atoms with Crippen LogP contribution in [0.25, 0.3) is 11.1 Å². The van der Waals surface area contributed by atoms with Gasteiger partial charge < -0.3 is 9.47 Å². The fourth-order valence-corrected chi connectivity index (χ4v) is 4.91. The minimum atomic E-state index is -3.92. The fraction of sp³-hybridized carbons (Fsp3) is 0.269. The maximum Gasteiger partial charge on any atom is 0.324 e. The van der Waals surface area contributed by atoms with Crippen LogP contribution >= 0.6 is 0 Å². The number of nitro benzene ring substituents is 1. The molecule has 0 aromatic heterocycles. The van der Waals surface area contributed by atoms with Gasteiger partial charge in [0.25, 0.3) is 5.69 Å². The Morgan fingerprint density at radius 2 is 1.58 bits per heavy atom. The second-order valence-corrected chi connectivity index (χ2v) is 10.2. The third-order valence-corrected chi connectivity index (χ3v) is 7.22. The summed E-state index contributed by atoms with van der Waals surface area (Å²) in [5.74, 6) is -0.336. The second kappa shape index (κ2) is 11.3. The molecule has 36 heavy (non-hydrogen) atoms. The lowest BCUT2D eigenvalue weighted by Crippen LogP contribution is -2.44. The first-order valence-corrected chi connectivity index (χ1v) is 12.7. The lowest BCUT2D eigenvalue weighted by molar-refractivity contribution is -0.385. The second-order valence-electron chi connectivity index (χ2n) is 8.52. The van der Waals surface area contributed by atoms with Crippen molar-refractivity contribution in [3.05, 3.63) is 88.0 Å². The highest BCUT2D eigenvalue weighted by molar-refractivity contribution is 7.89. The molecule has 1 atom stereocenters. The molecule has 10 heteroatoms. The van der Waals surface area contributed by atoms with Gasteiger partial charge in [0.05, 0.1) is 16.9 Å². The molecule has 0 amide bonds. The van der Waals surface area contributed by atoms with E-state index in [0.717, 1.165) is 16.7 Å². The number of nitro groups is 1. The lowest BCUT2D eigenvalue weighted by atomic mass is 10.1. The molecule has 0 spiro atoms. The van der Waals surface area contributed by atoms with Gasteiger partial charge in [-0.2, -0.15) is 4.72 Å². The summed E-state index contributed by atoms with van der Waals surface area (Å²) in [6.07, 6.45) is 0. The molecule has 0 saturated carbocycles.